The third-order valence-corrected chi connectivity index (χ3v) is 6.40. The first-order valence-corrected chi connectivity index (χ1v) is 11.8. The molecule has 35 heavy (non-hydrogen) atoms. The molecule has 0 unspecified atom stereocenters. The van der Waals surface area contributed by atoms with Gasteiger partial charge in [0.2, 0.25) is 5.88 Å². The van der Waals surface area contributed by atoms with Crippen LogP contribution in [0.15, 0.2) is 73.2 Å². The van der Waals surface area contributed by atoms with Gasteiger partial charge in [0.15, 0.2) is 0 Å². The topological polar surface area (TPSA) is 87.8 Å². The summed E-state index contributed by atoms with van der Waals surface area (Å²) in [5.74, 6) is 0.612. The van der Waals surface area contributed by atoms with Gasteiger partial charge in [0.1, 0.15) is 6.10 Å². The van der Waals surface area contributed by atoms with Gasteiger partial charge in [-0.15, -0.1) is 0 Å². The normalized spacial score (nSPS) is 15.4. The number of hydrogen-bond acceptors (Lipinski definition) is 6. The Morgan fingerprint density at radius 1 is 1.17 bits per heavy atom. The van der Waals surface area contributed by atoms with Crippen molar-refractivity contribution in [1.82, 2.24) is 20.1 Å². The summed E-state index contributed by atoms with van der Waals surface area (Å²) in [5, 5.41) is 20.5. The number of hydrogen-bond donors (Lipinski definition) is 2. The molecule has 2 N–H and O–H groups in total. The van der Waals surface area contributed by atoms with E-state index in [1.54, 1.807) is 4.68 Å². The summed E-state index contributed by atoms with van der Waals surface area (Å²) in [6.07, 6.45) is 6.38. The van der Waals surface area contributed by atoms with E-state index in [1.807, 2.05) is 49.9 Å². The third-order valence-electron chi connectivity index (χ3n) is 6.40. The number of aromatic nitrogens is 3. The molecule has 0 bridgehead atoms. The number of nitrogens with zero attached hydrogens (tertiary/aromatic N) is 4. The van der Waals surface area contributed by atoms with Crippen LogP contribution in [0.3, 0.4) is 0 Å². The van der Waals surface area contributed by atoms with E-state index in [0.29, 0.717) is 18.0 Å². The number of nitriles is 1. The quantitative estimate of drug-likeness (QED) is 0.421. The van der Waals surface area contributed by atoms with Crippen LogP contribution in [0.5, 0.6) is 5.88 Å². The number of pyridine rings is 1. The number of ether oxygens (including phenoxy) is 1. The molecule has 4 aromatic rings. The van der Waals surface area contributed by atoms with Crippen molar-refractivity contribution in [2.24, 2.45) is 7.05 Å². The summed E-state index contributed by atoms with van der Waals surface area (Å²) >= 11 is 0. The second-order valence-electron chi connectivity index (χ2n) is 8.86. The van der Waals surface area contributed by atoms with Crippen molar-refractivity contribution in [1.29, 1.82) is 5.26 Å². The highest BCUT2D eigenvalue weighted by Gasteiger charge is 2.30. The second kappa shape index (κ2) is 10.00. The van der Waals surface area contributed by atoms with Crippen LogP contribution in [0.2, 0.25) is 0 Å². The Hall–Kier alpha value is -4.15. The minimum Gasteiger partial charge on any atom is -0.469 e. The lowest BCUT2D eigenvalue weighted by atomic mass is 9.95. The Bertz CT molecular complexity index is 1350. The van der Waals surface area contributed by atoms with Gasteiger partial charge < -0.3 is 15.4 Å². The second-order valence-corrected chi connectivity index (χ2v) is 8.86. The molecule has 0 saturated carbocycles. The van der Waals surface area contributed by atoms with Crippen LogP contribution in [-0.4, -0.2) is 34.0 Å². The van der Waals surface area contributed by atoms with E-state index in [4.69, 9.17) is 10.00 Å². The van der Waals surface area contributed by atoms with E-state index >= 15 is 0 Å². The van der Waals surface area contributed by atoms with E-state index in [9.17, 15) is 0 Å². The fourth-order valence-corrected chi connectivity index (χ4v) is 4.48. The first-order valence-electron chi connectivity index (χ1n) is 11.8. The molecule has 1 aliphatic heterocycles. The van der Waals surface area contributed by atoms with E-state index in [2.05, 4.69) is 64.0 Å². The molecule has 7 nitrogen and oxygen atoms in total. The lowest BCUT2D eigenvalue weighted by Crippen LogP contribution is -2.43. The smallest absolute Gasteiger partial charge is 0.237 e. The van der Waals surface area contributed by atoms with Crippen LogP contribution >= 0.6 is 0 Å². The minimum absolute atomic E-state index is 0.00460. The largest absolute Gasteiger partial charge is 0.469 e. The van der Waals surface area contributed by atoms with Gasteiger partial charge in [-0.3, -0.25) is 4.68 Å². The van der Waals surface area contributed by atoms with Crippen LogP contribution in [-0.2, 0) is 13.5 Å². The number of rotatable bonds is 7. The van der Waals surface area contributed by atoms with Crippen molar-refractivity contribution in [3.8, 4) is 23.1 Å². The molecule has 0 spiro atoms. The van der Waals surface area contributed by atoms with Crippen molar-refractivity contribution in [3.05, 3.63) is 95.4 Å². The van der Waals surface area contributed by atoms with E-state index in [1.165, 1.54) is 16.7 Å². The van der Waals surface area contributed by atoms with Gasteiger partial charge in [0, 0.05) is 30.6 Å². The summed E-state index contributed by atoms with van der Waals surface area (Å²) < 4.78 is 8.22. The fraction of sp³-hybridized carbons (Fsp3) is 0.250. The summed E-state index contributed by atoms with van der Waals surface area (Å²) in [6.45, 7) is 3.58. The molecule has 0 radical (unpaired) electrons. The van der Waals surface area contributed by atoms with Gasteiger partial charge in [-0.25, -0.2) is 4.98 Å². The summed E-state index contributed by atoms with van der Waals surface area (Å²) in [5.41, 5.74) is 7.23. The van der Waals surface area contributed by atoms with Gasteiger partial charge in [-0.05, 0) is 54.8 Å². The zero-order valence-corrected chi connectivity index (χ0v) is 19.9. The Kier molecular flexibility index (Phi) is 6.47. The lowest BCUT2D eigenvalue weighted by Gasteiger charge is -2.34. The third kappa shape index (κ3) is 5.03. The van der Waals surface area contributed by atoms with Crippen molar-refractivity contribution in [3.63, 3.8) is 0 Å². The highest BCUT2D eigenvalue weighted by molar-refractivity contribution is 5.69. The Morgan fingerprint density at radius 2 is 2.00 bits per heavy atom. The van der Waals surface area contributed by atoms with Crippen LogP contribution in [0.25, 0.3) is 11.1 Å². The standard InChI is InChI=1S/C28H28N6O/c1-19-5-3-4-6-24(19)27(30-12-11-20-7-9-21(14-29)10-8-20)26-17-31-25-13-22(15-32-28(25)35-26)23-16-33-34(2)18-23/h3-10,13,15-16,18,26-27,30-31H,11-12,17H2,1-2H3/t26-,27-/m1/s1. The molecule has 2 aromatic heterocycles. The Labute approximate surface area is 205 Å². The summed E-state index contributed by atoms with van der Waals surface area (Å²) in [7, 11) is 1.90. The van der Waals surface area contributed by atoms with Crippen LogP contribution < -0.4 is 15.4 Å². The Morgan fingerprint density at radius 3 is 2.74 bits per heavy atom. The molecule has 1 aliphatic rings. The monoisotopic (exact) mass is 464 g/mol. The first kappa shape index (κ1) is 22.6. The molecular weight excluding hydrogens is 436 g/mol. The zero-order chi connectivity index (χ0) is 24.2. The molecule has 3 heterocycles. The van der Waals surface area contributed by atoms with Crippen LogP contribution in [0, 0.1) is 18.3 Å². The average molecular weight is 465 g/mol. The molecule has 0 amide bonds. The lowest BCUT2D eigenvalue weighted by molar-refractivity contribution is 0.150. The van der Waals surface area contributed by atoms with Crippen molar-refractivity contribution < 1.29 is 4.74 Å². The number of benzene rings is 2. The summed E-state index contributed by atoms with van der Waals surface area (Å²) in [4.78, 5) is 4.62. The molecule has 176 valence electrons. The molecule has 7 heteroatoms. The summed E-state index contributed by atoms with van der Waals surface area (Å²) in [6, 6.07) is 20.4. The molecule has 0 fully saturated rings. The predicted octanol–water partition coefficient (Wildman–Crippen LogP) is 4.41. The average Bonchev–Trinajstić information content (AvgIpc) is 3.33. The molecule has 0 saturated heterocycles. The van der Waals surface area contributed by atoms with Gasteiger partial charge in [0.25, 0.3) is 0 Å². The van der Waals surface area contributed by atoms with Crippen molar-refractivity contribution >= 4 is 5.69 Å². The van der Waals surface area contributed by atoms with E-state index < -0.39 is 0 Å². The number of aryl methyl sites for hydroxylation is 2. The number of fused-ring (bicyclic) bond motifs is 1. The fourth-order valence-electron chi connectivity index (χ4n) is 4.48. The van der Waals surface area contributed by atoms with Crippen LogP contribution in [0.4, 0.5) is 5.69 Å². The van der Waals surface area contributed by atoms with Gasteiger partial charge in [-0.1, -0.05) is 36.4 Å². The first-order chi connectivity index (χ1) is 17.1. The molecule has 5 rings (SSSR count). The van der Waals surface area contributed by atoms with Gasteiger partial charge >= 0.3 is 0 Å². The molecular formula is C28H28N6O. The predicted molar refractivity (Wildman–Crippen MR) is 136 cm³/mol. The SMILES string of the molecule is Cc1ccccc1[C@@H](NCCc1ccc(C#N)cc1)[C@H]1CNc2cc(-c3cnn(C)c3)cnc2O1. The number of anilines is 1. The van der Waals surface area contributed by atoms with Gasteiger partial charge in [-0.2, -0.15) is 10.4 Å². The van der Waals surface area contributed by atoms with Crippen LogP contribution in [0.1, 0.15) is 28.3 Å². The maximum absolute atomic E-state index is 9.03. The number of nitrogens with one attached hydrogen (secondary N) is 2. The van der Waals surface area contributed by atoms with E-state index in [-0.39, 0.29) is 12.1 Å². The van der Waals surface area contributed by atoms with E-state index in [0.717, 1.165) is 29.8 Å². The molecule has 2 aromatic carbocycles. The van der Waals surface area contributed by atoms with Crippen molar-refractivity contribution in [2.45, 2.75) is 25.5 Å². The minimum atomic E-state index is -0.124. The molecule has 2 atom stereocenters. The van der Waals surface area contributed by atoms with Gasteiger partial charge in [0.05, 0.1) is 36.1 Å². The maximum Gasteiger partial charge on any atom is 0.237 e. The van der Waals surface area contributed by atoms with Crippen molar-refractivity contribution in [2.75, 3.05) is 18.4 Å². The maximum atomic E-state index is 9.03. The zero-order valence-electron chi connectivity index (χ0n) is 19.9. The molecule has 0 aliphatic carbocycles. The Balaban J connectivity index is 1.33. The highest BCUT2D eigenvalue weighted by Crippen LogP contribution is 2.34. The highest BCUT2D eigenvalue weighted by atomic mass is 16.5.